The van der Waals surface area contributed by atoms with Crippen LogP contribution < -0.4 is 0 Å². The molecule has 0 aliphatic heterocycles. The summed E-state index contributed by atoms with van der Waals surface area (Å²) in [5.41, 5.74) is 2.76. The SMILES string of the molecule is Cc1cc(-n2c(C)cc(/C=C\C(=O)O)c2C)no1. The van der Waals surface area contributed by atoms with Crippen molar-refractivity contribution in [2.45, 2.75) is 20.8 Å². The Kier molecular flexibility index (Phi) is 3.06. The molecule has 0 spiro atoms. The van der Waals surface area contributed by atoms with Crippen LogP contribution >= 0.6 is 0 Å². The molecule has 0 amide bonds. The third kappa shape index (κ3) is 2.20. The van der Waals surface area contributed by atoms with Crippen LogP contribution in [0.1, 0.15) is 22.7 Å². The number of nitrogens with zero attached hydrogens (tertiary/aromatic N) is 2. The van der Waals surface area contributed by atoms with Gasteiger partial charge in [0, 0.05) is 23.5 Å². The van der Waals surface area contributed by atoms with Gasteiger partial charge in [-0.15, -0.1) is 0 Å². The zero-order valence-corrected chi connectivity index (χ0v) is 10.5. The number of carbonyl (C=O) groups is 1. The first-order valence-electron chi connectivity index (χ1n) is 5.52. The largest absolute Gasteiger partial charge is 0.478 e. The lowest BCUT2D eigenvalue weighted by atomic mass is 10.2. The standard InChI is InChI=1S/C13H14N2O3/c1-8-6-11(4-5-13(16)17)10(3)15(8)12-7-9(2)18-14-12/h4-7H,1-3H3,(H,16,17)/b5-4-. The number of hydrogen-bond acceptors (Lipinski definition) is 3. The molecule has 0 saturated carbocycles. The van der Waals surface area contributed by atoms with E-state index in [0.717, 1.165) is 28.8 Å². The van der Waals surface area contributed by atoms with Crippen LogP contribution in [0, 0.1) is 20.8 Å². The Morgan fingerprint density at radius 1 is 1.39 bits per heavy atom. The smallest absolute Gasteiger partial charge is 0.328 e. The van der Waals surface area contributed by atoms with E-state index in [1.165, 1.54) is 0 Å². The van der Waals surface area contributed by atoms with Gasteiger partial charge in [0.15, 0.2) is 5.82 Å². The van der Waals surface area contributed by atoms with Crippen LogP contribution in [0.25, 0.3) is 11.9 Å². The number of carboxylic acid groups (broad SMARTS) is 1. The molecule has 18 heavy (non-hydrogen) atoms. The lowest BCUT2D eigenvalue weighted by Gasteiger charge is -2.03. The Labute approximate surface area is 104 Å². The third-order valence-electron chi connectivity index (χ3n) is 2.72. The summed E-state index contributed by atoms with van der Waals surface area (Å²) >= 11 is 0. The fourth-order valence-corrected chi connectivity index (χ4v) is 1.93. The highest BCUT2D eigenvalue weighted by Crippen LogP contribution is 2.21. The van der Waals surface area contributed by atoms with Crippen molar-refractivity contribution in [1.82, 2.24) is 9.72 Å². The van der Waals surface area contributed by atoms with Gasteiger partial charge in [-0.25, -0.2) is 4.79 Å². The van der Waals surface area contributed by atoms with Crippen LogP contribution in [0.4, 0.5) is 0 Å². The molecule has 0 saturated heterocycles. The molecule has 0 fully saturated rings. The van der Waals surface area contributed by atoms with E-state index in [0.29, 0.717) is 5.82 Å². The molecule has 0 aromatic carbocycles. The Bertz CT molecular complexity index is 620. The second kappa shape index (κ2) is 4.52. The van der Waals surface area contributed by atoms with E-state index in [1.807, 2.05) is 37.5 Å². The molecule has 5 heteroatoms. The molecular weight excluding hydrogens is 232 g/mol. The van der Waals surface area contributed by atoms with Crippen molar-refractivity contribution < 1.29 is 14.4 Å². The molecule has 2 aromatic heterocycles. The molecule has 2 rings (SSSR count). The van der Waals surface area contributed by atoms with Gasteiger partial charge in [0.1, 0.15) is 5.76 Å². The third-order valence-corrected chi connectivity index (χ3v) is 2.72. The molecule has 1 N–H and O–H groups in total. The van der Waals surface area contributed by atoms with E-state index in [2.05, 4.69) is 5.16 Å². The van der Waals surface area contributed by atoms with E-state index < -0.39 is 5.97 Å². The van der Waals surface area contributed by atoms with Crippen molar-refractivity contribution in [2.75, 3.05) is 0 Å². The Balaban J connectivity index is 2.47. The summed E-state index contributed by atoms with van der Waals surface area (Å²) in [6, 6.07) is 3.75. The van der Waals surface area contributed by atoms with Crippen molar-refractivity contribution >= 4 is 12.0 Å². The Hall–Kier alpha value is -2.30. The van der Waals surface area contributed by atoms with E-state index in [1.54, 1.807) is 6.08 Å². The first-order valence-corrected chi connectivity index (χ1v) is 5.52. The average Bonchev–Trinajstić information content (AvgIpc) is 2.81. The number of carboxylic acids is 1. The predicted octanol–water partition coefficient (Wildman–Crippen LogP) is 2.49. The van der Waals surface area contributed by atoms with Crippen LogP contribution in [0.5, 0.6) is 0 Å². The van der Waals surface area contributed by atoms with Gasteiger partial charge in [-0.05, 0) is 38.5 Å². The topological polar surface area (TPSA) is 68.3 Å². The van der Waals surface area contributed by atoms with Crippen LogP contribution in [0.15, 0.2) is 22.7 Å². The normalized spacial score (nSPS) is 11.3. The second-order valence-electron chi connectivity index (χ2n) is 4.13. The molecule has 0 atom stereocenters. The molecule has 2 aromatic rings. The Morgan fingerprint density at radius 3 is 2.67 bits per heavy atom. The molecule has 5 nitrogen and oxygen atoms in total. The van der Waals surface area contributed by atoms with Gasteiger partial charge < -0.3 is 9.63 Å². The summed E-state index contributed by atoms with van der Waals surface area (Å²) in [7, 11) is 0. The minimum absolute atomic E-state index is 0.706. The fourth-order valence-electron chi connectivity index (χ4n) is 1.93. The van der Waals surface area contributed by atoms with Crippen LogP contribution in [0.2, 0.25) is 0 Å². The zero-order valence-electron chi connectivity index (χ0n) is 10.5. The van der Waals surface area contributed by atoms with E-state index in [4.69, 9.17) is 9.63 Å². The summed E-state index contributed by atoms with van der Waals surface area (Å²) in [5.74, 6) is 0.481. The zero-order chi connectivity index (χ0) is 13.3. The van der Waals surface area contributed by atoms with Crippen molar-refractivity contribution in [3.63, 3.8) is 0 Å². The minimum atomic E-state index is -0.961. The number of rotatable bonds is 3. The number of aromatic nitrogens is 2. The lowest BCUT2D eigenvalue weighted by molar-refractivity contribution is -0.131. The molecule has 0 unspecified atom stereocenters. The van der Waals surface area contributed by atoms with Crippen LogP contribution in [0.3, 0.4) is 0 Å². The summed E-state index contributed by atoms with van der Waals surface area (Å²) < 4.78 is 6.98. The number of aryl methyl sites for hydroxylation is 2. The van der Waals surface area contributed by atoms with Crippen LogP contribution in [-0.2, 0) is 4.79 Å². The van der Waals surface area contributed by atoms with Crippen molar-refractivity contribution in [3.8, 4) is 5.82 Å². The van der Waals surface area contributed by atoms with Crippen molar-refractivity contribution in [2.24, 2.45) is 0 Å². The number of aliphatic carboxylic acids is 1. The molecule has 2 heterocycles. The van der Waals surface area contributed by atoms with Gasteiger partial charge in [-0.3, -0.25) is 4.57 Å². The molecule has 0 radical (unpaired) electrons. The lowest BCUT2D eigenvalue weighted by Crippen LogP contribution is -1.99. The average molecular weight is 246 g/mol. The van der Waals surface area contributed by atoms with Gasteiger partial charge in [0.2, 0.25) is 0 Å². The van der Waals surface area contributed by atoms with E-state index in [9.17, 15) is 4.79 Å². The molecular formula is C13H14N2O3. The molecule has 94 valence electrons. The molecule has 0 aliphatic rings. The van der Waals surface area contributed by atoms with Crippen LogP contribution in [-0.4, -0.2) is 20.8 Å². The summed E-state index contributed by atoms with van der Waals surface area (Å²) in [4.78, 5) is 10.5. The second-order valence-corrected chi connectivity index (χ2v) is 4.13. The van der Waals surface area contributed by atoms with Crippen molar-refractivity contribution in [1.29, 1.82) is 0 Å². The maximum absolute atomic E-state index is 10.5. The summed E-state index contributed by atoms with van der Waals surface area (Å²) in [5, 5.41) is 12.6. The summed E-state index contributed by atoms with van der Waals surface area (Å²) in [6.45, 7) is 5.68. The predicted molar refractivity (Wildman–Crippen MR) is 66.7 cm³/mol. The van der Waals surface area contributed by atoms with E-state index in [-0.39, 0.29) is 0 Å². The van der Waals surface area contributed by atoms with Gasteiger partial charge >= 0.3 is 5.97 Å². The highest BCUT2D eigenvalue weighted by molar-refractivity contribution is 5.85. The molecule has 0 aliphatic carbocycles. The first-order chi connectivity index (χ1) is 8.49. The maximum Gasteiger partial charge on any atom is 0.328 e. The van der Waals surface area contributed by atoms with E-state index >= 15 is 0 Å². The van der Waals surface area contributed by atoms with Gasteiger partial charge in [0.25, 0.3) is 0 Å². The van der Waals surface area contributed by atoms with Gasteiger partial charge in [0.05, 0.1) is 0 Å². The van der Waals surface area contributed by atoms with Crippen molar-refractivity contribution in [3.05, 3.63) is 40.9 Å². The molecule has 0 bridgehead atoms. The minimum Gasteiger partial charge on any atom is -0.478 e. The van der Waals surface area contributed by atoms with Gasteiger partial charge in [-0.2, -0.15) is 0 Å². The van der Waals surface area contributed by atoms with Gasteiger partial charge in [-0.1, -0.05) is 5.16 Å². The quantitative estimate of drug-likeness (QED) is 0.845. The summed E-state index contributed by atoms with van der Waals surface area (Å²) in [6.07, 6.45) is 2.70. The number of hydrogen-bond donors (Lipinski definition) is 1. The fraction of sp³-hybridized carbons (Fsp3) is 0.231. The maximum atomic E-state index is 10.5. The Morgan fingerprint density at radius 2 is 2.11 bits per heavy atom. The highest BCUT2D eigenvalue weighted by Gasteiger charge is 2.12. The highest BCUT2D eigenvalue weighted by atomic mass is 16.5. The first kappa shape index (κ1) is 12.2. The monoisotopic (exact) mass is 246 g/mol.